The van der Waals surface area contributed by atoms with Crippen molar-refractivity contribution >= 4 is 5.97 Å². The molecular formula is C14H30N2O2. The Hall–Kier alpha value is -0.610. The van der Waals surface area contributed by atoms with Crippen LogP contribution in [0.15, 0.2) is 0 Å². The van der Waals surface area contributed by atoms with Gasteiger partial charge in [0.15, 0.2) is 0 Å². The van der Waals surface area contributed by atoms with Crippen LogP contribution in [0.25, 0.3) is 0 Å². The van der Waals surface area contributed by atoms with Gasteiger partial charge in [0, 0.05) is 6.04 Å². The van der Waals surface area contributed by atoms with Gasteiger partial charge in [0.2, 0.25) is 0 Å². The smallest absolute Gasteiger partial charge is 0.320 e. The SMILES string of the molecule is CC(C)N(C)CCCCNCC(=O)OC(C)(C)C. The van der Waals surface area contributed by atoms with Crippen LogP contribution in [0.1, 0.15) is 47.5 Å². The predicted molar refractivity (Wildman–Crippen MR) is 75.7 cm³/mol. The van der Waals surface area contributed by atoms with Crippen LogP contribution in [0.5, 0.6) is 0 Å². The molecule has 0 aromatic carbocycles. The molecule has 18 heavy (non-hydrogen) atoms. The van der Waals surface area contributed by atoms with Gasteiger partial charge < -0.3 is 15.0 Å². The van der Waals surface area contributed by atoms with Crippen molar-refractivity contribution in [1.29, 1.82) is 0 Å². The molecule has 4 heteroatoms. The second-order valence-electron chi connectivity index (χ2n) is 6.04. The van der Waals surface area contributed by atoms with Crippen molar-refractivity contribution in [2.24, 2.45) is 0 Å². The summed E-state index contributed by atoms with van der Waals surface area (Å²) in [5.41, 5.74) is -0.390. The Labute approximate surface area is 112 Å². The molecule has 0 saturated heterocycles. The Bertz CT molecular complexity index is 234. The van der Waals surface area contributed by atoms with E-state index in [1.54, 1.807) is 0 Å². The zero-order valence-corrected chi connectivity index (χ0v) is 12.9. The van der Waals surface area contributed by atoms with E-state index in [0.717, 1.165) is 25.9 Å². The topological polar surface area (TPSA) is 41.6 Å². The number of esters is 1. The van der Waals surface area contributed by atoms with Crippen molar-refractivity contribution in [3.8, 4) is 0 Å². The predicted octanol–water partition coefficient (Wildman–Crippen LogP) is 2.04. The first kappa shape index (κ1) is 17.4. The lowest BCUT2D eigenvalue weighted by Gasteiger charge is -2.21. The average molecular weight is 258 g/mol. The number of nitrogens with zero attached hydrogens (tertiary/aromatic N) is 1. The fourth-order valence-electron chi connectivity index (χ4n) is 1.44. The van der Waals surface area contributed by atoms with Gasteiger partial charge in [-0.15, -0.1) is 0 Å². The molecule has 0 aromatic rings. The highest BCUT2D eigenvalue weighted by molar-refractivity contribution is 5.72. The largest absolute Gasteiger partial charge is 0.459 e. The van der Waals surface area contributed by atoms with Gasteiger partial charge in [0.1, 0.15) is 5.60 Å². The Morgan fingerprint density at radius 1 is 1.28 bits per heavy atom. The zero-order chi connectivity index (χ0) is 14.2. The minimum absolute atomic E-state index is 0.179. The quantitative estimate of drug-likeness (QED) is 0.534. The van der Waals surface area contributed by atoms with E-state index in [1.807, 2.05) is 20.8 Å². The summed E-state index contributed by atoms with van der Waals surface area (Å²) in [5.74, 6) is -0.179. The molecular weight excluding hydrogens is 228 g/mol. The zero-order valence-electron chi connectivity index (χ0n) is 12.9. The second kappa shape index (κ2) is 8.48. The van der Waals surface area contributed by atoms with Gasteiger partial charge in [-0.25, -0.2) is 0 Å². The number of nitrogens with one attached hydrogen (secondary N) is 1. The monoisotopic (exact) mass is 258 g/mol. The molecule has 0 fully saturated rings. The number of carbonyl (C=O) groups is 1. The van der Waals surface area contributed by atoms with Crippen molar-refractivity contribution in [2.75, 3.05) is 26.7 Å². The molecule has 4 nitrogen and oxygen atoms in total. The lowest BCUT2D eigenvalue weighted by molar-refractivity contribution is -0.153. The molecule has 108 valence electrons. The molecule has 0 spiro atoms. The molecule has 0 radical (unpaired) electrons. The summed E-state index contributed by atoms with van der Waals surface area (Å²) >= 11 is 0. The van der Waals surface area contributed by atoms with Crippen LogP contribution in [-0.4, -0.2) is 49.2 Å². The summed E-state index contributed by atoms with van der Waals surface area (Å²) in [5, 5.41) is 3.12. The number of hydrogen-bond acceptors (Lipinski definition) is 4. The highest BCUT2D eigenvalue weighted by atomic mass is 16.6. The average Bonchev–Trinajstić information content (AvgIpc) is 2.19. The summed E-state index contributed by atoms with van der Waals surface area (Å²) in [6.45, 7) is 12.3. The number of carbonyl (C=O) groups excluding carboxylic acids is 1. The highest BCUT2D eigenvalue weighted by Gasteiger charge is 2.15. The van der Waals surface area contributed by atoms with Crippen molar-refractivity contribution in [3.05, 3.63) is 0 Å². The maximum atomic E-state index is 11.4. The van der Waals surface area contributed by atoms with Crippen molar-refractivity contribution in [1.82, 2.24) is 10.2 Å². The summed E-state index contributed by atoms with van der Waals surface area (Å²) in [4.78, 5) is 13.7. The Morgan fingerprint density at radius 2 is 1.89 bits per heavy atom. The molecule has 0 bridgehead atoms. The standard InChI is InChI=1S/C14H30N2O2/c1-12(2)16(6)10-8-7-9-15-11-13(17)18-14(3,4)5/h12,15H,7-11H2,1-6H3. The molecule has 0 aliphatic rings. The van der Waals surface area contributed by atoms with Crippen LogP contribution >= 0.6 is 0 Å². The Kier molecular flexibility index (Phi) is 8.20. The van der Waals surface area contributed by atoms with Gasteiger partial charge in [-0.3, -0.25) is 4.79 Å². The first-order chi connectivity index (χ1) is 8.22. The highest BCUT2D eigenvalue weighted by Crippen LogP contribution is 2.06. The van der Waals surface area contributed by atoms with E-state index in [4.69, 9.17) is 4.74 Å². The van der Waals surface area contributed by atoms with E-state index < -0.39 is 5.60 Å². The van der Waals surface area contributed by atoms with E-state index >= 15 is 0 Å². The van der Waals surface area contributed by atoms with E-state index in [-0.39, 0.29) is 5.97 Å². The van der Waals surface area contributed by atoms with E-state index in [0.29, 0.717) is 12.6 Å². The van der Waals surface area contributed by atoms with E-state index in [2.05, 4.69) is 31.1 Å². The van der Waals surface area contributed by atoms with Crippen molar-refractivity contribution in [2.45, 2.75) is 59.1 Å². The lowest BCUT2D eigenvalue weighted by Crippen LogP contribution is -2.32. The second-order valence-corrected chi connectivity index (χ2v) is 6.04. The van der Waals surface area contributed by atoms with Gasteiger partial charge in [-0.05, 0) is 67.6 Å². The summed E-state index contributed by atoms with van der Waals surface area (Å²) in [7, 11) is 2.14. The van der Waals surface area contributed by atoms with Crippen molar-refractivity contribution in [3.63, 3.8) is 0 Å². The molecule has 0 aliphatic heterocycles. The van der Waals surface area contributed by atoms with Gasteiger partial charge >= 0.3 is 5.97 Å². The first-order valence-corrected chi connectivity index (χ1v) is 6.85. The van der Waals surface area contributed by atoms with Gasteiger partial charge in [0.05, 0.1) is 6.54 Å². The van der Waals surface area contributed by atoms with Gasteiger partial charge in [0.25, 0.3) is 0 Å². The summed E-state index contributed by atoms with van der Waals surface area (Å²) < 4.78 is 5.20. The number of rotatable bonds is 8. The van der Waals surface area contributed by atoms with Crippen LogP contribution in [0, 0.1) is 0 Å². The Balaban J connectivity index is 3.44. The maximum absolute atomic E-state index is 11.4. The normalized spacial score (nSPS) is 12.2. The van der Waals surface area contributed by atoms with Gasteiger partial charge in [-0.2, -0.15) is 0 Å². The molecule has 1 N–H and O–H groups in total. The third-order valence-electron chi connectivity index (χ3n) is 2.69. The van der Waals surface area contributed by atoms with Crippen LogP contribution in [-0.2, 0) is 9.53 Å². The molecule has 0 atom stereocenters. The van der Waals surface area contributed by atoms with Crippen LogP contribution in [0.2, 0.25) is 0 Å². The summed E-state index contributed by atoms with van der Waals surface area (Å²) in [6.07, 6.45) is 2.23. The fraction of sp³-hybridized carbons (Fsp3) is 0.929. The molecule has 0 saturated carbocycles. The molecule has 0 aromatic heterocycles. The van der Waals surface area contributed by atoms with E-state index in [1.165, 1.54) is 0 Å². The third kappa shape index (κ3) is 10.5. The number of ether oxygens (including phenoxy) is 1. The minimum atomic E-state index is -0.390. The molecule has 0 rings (SSSR count). The number of unbranched alkanes of at least 4 members (excludes halogenated alkanes) is 1. The van der Waals surface area contributed by atoms with Crippen LogP contribution in [0.4, 0.5) is 0 Å². The lowest BCUT2D eigenvalue weighted by atomic mass is 10.2. The molecule has 0 unspecified atom stereocenters. The maximum Gasteiger partial charge on any atom is 0.320 e. The molecule has 0 aliphatic carbocycles. The molecule has 0 heterocycles. The minimum Gasteiger partial charge on any atom is -0.459 e. The van der Waals surface area contributed by atoms with Crippen LogP contribution < -0.4 is 5.32 Å². The number of hydrogen-bond donors (Lipinski definition) is 1. The summed E-state index contributed by atoms with van der Waals surface area (Å²) in [6, 6.07) is 0.597. The molecule has 0 amide bonds. The van der Waals surface area contributed by atoms with Gasteiger partial charge in [-0.1, -0.05) is 0 Å². The Morgan fingerprint density at radius 3 is 2.39 bits per heavy atom. The van der Waals surface area contributed by atoms with E-state index in [9.17, 15) is 4.79 Å². The first-order valence-electron chi connectivity index (χ1n) is 6.85. The van der Waals surface area contributed by atoms with Crippen LogP contribution in [0.3, 0.4) is 0 Å². The fourth-order valence-corrected chi connectivity index (χ4v) is 1.44. The third-order valence-corrected chi connectivity index (χ3v) is 2.69. The van der Waals surface area contributed by atoms with Crippen molar-refractivity contribution < 1.29 is 9.53 Å².